The van der Waals surface area contributed by atoms with Gasteiger partial charge < -0.3 is 41.5 Å². The Morgan fingerprint density at radius 1 is 0.684 bits per heavy atom. The summed E-state index contributed by atoms with van der Waals surface area (Å²) < 4.78 is 0. The van der Waals surface area contributed by atoms with Gasteiger partial charge in [0.2, 0.25) is 23.6 Å². The summed E-state index contributed by atoms with van der Waals surface area (Å²) in [6, 6.07) is 0. The lowest BCUT2D eigenvalue weighted by atomic mass is 9.96. The van der Waals surface area contributed by atoms with Crippen LogP contribution in [0, 0.1) is 30.1 Å². The van der Waals surface area contributed by atoms with Crippen LogP contribution in [0.5, 0.6) is 0 Å². The van der Waals surface area contributed by atoms with Gasteiger partial charge in [-0.1, -0.05) is 12.2 Å². The number of rotatable bonds is 5. The Kier molecular flexibility index (Phi) is 15.5. The standard InChI is InChI=1S/C9H13NO2.C8H14N2O3.C8H14N2O2S/c1-2-8-3-5-10(6-4-8)9(12)7-11;2*9-8(13)6-1-3-10(4-2-6)7(12)5-11/h1,8,11H,3-7H2;2*6,11H,1-5H2,(H2,9,13). The third-order valence-electron chi connectivity index (χ3n) is 6.99. The molecule has 38 heavy (non-hydrogen) atoms. The Morgan fingerprint density at radius 2 is 1.00 bits per heavy atom. The van der Waals surface area contributed by atoms with Crippen molar-refractivity contribution in [3.8, 4) is 12.3 Å². The molecule has 0 spiro atoms. The second kappa shape index (κ2) is 17.7. The largest absolute Gasteiger partial charge is 0.393 e. The Labute approximate surface area is 229 Å². The molecule has 0 atom stereocenters. The monoisotopic (exact) mass is 555 g/mol. The molecular formula is C25H41N5O7S. The van der Waals surface area contributed by atoms with Gasteiger partial charge in [0.05, 0.1) is 4.99 Å². The molecule has 3 heterocycles. The molecule has 0 radical (unpaired) electrons. The first-order valence-electron chi connectivity index (χ1n) is 12.8. The lowest BCUT2D eigenvalue weighted by molar-refractivity contribution is -0.137. The molecule has 0 saturated carbocycles. The number of nitrogens with zero attached hydrogens (tertiary/aromatic N) is 3. The summed E-state index contributed by atoms with van der Waals surface area (Å²) in [5.74, 6) is 2.18. The molecule has 3 aliphatic heterocycles. The van der Waals surface area contributed by atoms with E-state index in [-0.39, 0.29) is 42.1 Å². The van der Waals surface area contributed by atoms with E-state index < -0.39 is 13.2 Å². The van der Waals surface area contributed by atoms with Crippen molar-refractivity contribution in [1.82, 2.24) is 14.7 Å². The first-order chi connectivity index (χ1) is 18.1. The quantitative estimate of drug-likeness (QED) is 0.190. The number of hydrogen-bond acceptors (Lipinski definition) is 8. The van der Waals surface area contributed by atoms with Gasteiger partial charge in [-0.05, 0) is 38.5 Å². The fraction of sp³-hybridized carbons (Fsp3) is 0.720. The molecule has 0 aromatic heterocycles. The van der Waals surface area contributed by atoms with Crippen LogP contribution in [-0.4, -0.2) is 118 Å². The first kappa shape index (κ1) is 33.2. The average molecular weight is 556 g/mol. The summed E-state index contributed by atoms with van der Waals surface area (Å²) in [6.07, 6.45) is 9.85. The van der Waals surface area contributed by atoms with Gasteiger partial charge in [-0.15, -0.1) is 12.3 Å². The third-order valence-corrected chi connectivity index (χ3v) is 7.32. The summed E-state index contributed by atoms with van der Waals surface area (Å²) in [6.45, 7) is 2.48. The highest BCUT2D eigenvalue weighted by Crippen LogP contribution is 2.18. The number of thiocarbonyl (C=S) groups is 1. The predicted molar refractivity (Wildman–Crippen MR) is 144 cm³/mol. The van der Waals surface area contributed by atoms with Gasteiger partial charge >= 0.3 is 0 Å². The van der Waals surface area contributed by atoms with E-state index in [1.165, 1.54) is 0 Å². The number of carbonyl (C=O) groups is 4. The maximum absolute atomic E-state index is 11.1. The van der Waals surface area contributed by atoms with E-state index in [0.717, 1.165) is 25.7 Å². The van der Waals surface area contributed by atoms with E-state index in [0.29, 0.717) is 63.0 Å². The smallest absolute Gasteiger partial charge is 0.248 e. The van der Waals surface area contributed by atoms with Crippen LogP contribution in [0.2, 0.25) is 0 Å². The highest BCUT2D eigenvalue weighted by atomic mass is 32.1. The van der Waals surface area contributed by atoms with Crippen molar-refractivity contribution >= 4 is 40.8 Å². The second-order valence-electron chi connectivity index (χ2n) is 9.41. The van der Waals surface area contributed by atoms with E-state index in [2.05, 4.69) is 5.92 Å². The minimum atomic E-state index is -0.457. The van der Waals surface area contributed by atoms with Crippen LogP contribution in [0.3, 0.4) is 0 Å². The fourth-order valence-corrected chi connectivity index (χ4v) is 4.66. The third kappa shape index (κ3) is 11.3. The number of likely N-dealkylation sites (tertiary alicyclic amines) is 3. The average Bonchev–Trinajstić information content (AvgIpc) is 2.96. The zero-order valence-corrected chi connectivity index (χ0v) is 22.6. The zero-order chi connectivity index (χ0) is 28.7. The molecule has 0 unspecified atom stereocenters. The van der Waals surface area contributed by atoms with Crippen LogP contribution in [0.15, 0.2) is 0 Å². The van der Waals surface area contributed by atoms with Gasteiger partial charge in [0.1, 0.15) is 19.8 Å². The van der Waals surface area contributed by atoms with Gasteiger partial charge in [-0.3, -0.25) is 19.2 Å². The topological polar surface area (TPSA) is 191 Å². The molecule has 0 bridgehead atoms. The van der Waals surface area contributed by atoms with Crippen molar-refractivity contribution in [2.45, 2.75) is 38.5 Å². The van der Waals surface area contributed by atoms with Crippen LogP contribution < -0.4 is 11.5 Å². The second-order valence-corrected chi connectivity index (χ2v) is 9.88. The number of aliphatic hydroxyl groups excluding tert-OH is 3. The van der Waals surface area contributed by atoms with Crippen LogP contribution in [-0.2, 0) is 19.2 Å². The molecule has 3 aliphatic rings. The van der Waals surface area contributed by atoms with Crippen LogP contribution >= 0.6 is 12.2 Å². The Balaban J connectivity index is 0.000000285. The summed E-state index contributed by atoms with van der Waals surface area (Å²) in [7, 11) is 0. The Morgan fingerprint density at radius 3 is 1.26 bits per heavy atom. The predicted octanol–water partition coefficient (Wildman–Crippen LogP) is -1.94. The SMILES string of the molecule is C#CC1CCN(C(=O)CO)CC1.NC(=O)C1CCN(C(=O)CO)CC1.NC(=S)C1CCN(C(=O)CO)CC1. The summed E-state index contributed by atoms with van der Waals surface area (Å²) in [4.78, 5) is 49.2. The van der Waals surface area contributed by atoms with Crippen molar-refractivity contribution in [2.24, 2.45) is 29.2 Å². The molecule has 0 aromatic rings. The van der Waals surface area contributed by atoms with Crippen molar-refractivity contribution in [3.63, 3.8) is 0 Å². The highest BCUT2D eigenvalue weighted by Gasteiger charge is 2.25. The van der Waals surface area contributed by atoms with E-state index in [1.54, 1.807) is 14.7 Å². The molecule has 12 nitrogen and oxygen atoms in total. The number of aliphatic hydroxyl groups is 3. The van der Waals surface area contributed by atoms with Gasteiger partial charge in [0.15, 0.2) is 0 Å². The van der Waals surface area contributed by atoms with Gasteiger partial charge in [-0.25, -0.2) is 0 Å². The molecule has 3 fully saturated rings. The highest BCUT2D eigenvalue weighted by molar-refractivity contribution is 7.80. The van der Waals surface area contributed by atoms with Crippen LogP contribution in [0.25, 0.3) is 0 Å². The van der Waals surface area contributed by atoms with E-state index in [1.807, 2.05) is 0 Å². The molecular weight excluding hydrogens is 514 g/mol. The number of piperidine rings is 3. The number of terminal acetylenes is 1. The molecule has 7 N–H and O–H groups in total. The molecule has 3 rings (SSSR count). The summed E-state index contributed by atoms with van der Waals surface area (Å²) >= 11 is 4.87. The molecule has 0 aromatic carbocycles. The van der Waals surface area contributed by atoms with Crippen molar-refractivity contribution in [2.75, 3.05) is 59.1 Å². The number of hydrogen-bond donors (Lipinski definition) is 5. The summed E-state index contributed by atoms with van der Waals surface area (Å²) in [5.41, 5.74) is 10.6. The zero-order valence-electron chi connectivity index (χ0n) is 21.8. The molecule has 13 heteroatoms. The molecule has 214 valence electrons. The minimum Gasteiger partial charge on any atom is -0.393 e. The van der Waals surface area contributed by atoms with Crippen molar-refractivity contribution in [3.05, 3.63) is 0 Å². The van der Waals surface area contributed by atoms with Gasteiger partial charge in [0, 0.05) is 57.0 Å². The van der Waals surface area contributed by atoms with Crippen molar-refractivity contribution < 1.29 is 34.5 Å². The molecule has 4 amide bonds. The fourth-order valence-electron chi connectivity index (χ4n) is 4.42. The van der Waals surface area contributed by atoms with Crippen LogP contribution in [0.1, 0.15) is 38.5 Å². The maximum Gasteiger partial charge on any atom is 0.248 e. The van der Waals surface area contributed by atoms with Crippen molar-refractivity contribution in [1.29, 1.82) is 0 Å². The Hall–Kier alpha value is -2.79. The number of primary amides is 1. The Bertz CT molecular complexity index is 796. The lowest BCUT2D eigenvalue weighted by Gasteiger charge is -2.30. The molecule has 3 saturated heterocycles. The first-order valence-corrected chi connectivity index (χ1v) is 13.2. The van der Waals surface area contributed by atoms with Crippen LogP contribution in [0.4, 0.5) is 0 Å². The van der Waals surface area contributed by atoms with Gasteiger partial charge in [-0.2, -0.15) is 0 Å². The number of nitrogens with two attached hydrogens (primary N) is 2. The lowest BCUT2D eigenvalue weighted by Crippen LogP contribution is -2.42. The van der Waals surface area contributed by atoms with E-state index >= 15 is 0 Å². The maximum atomic E-state index is 11.1. The minimum absolute atomic E-state index is 0.109. The van der Waals surface area contributed by atoms with Gasteiger partial charge in [0.25, 0.3) is 0 Å². The number of amides is 4. The number of carbonyl (C=O) groups excluding carboxylic acids is 4. The van der Waals surface area contributed by atoms with E-state index in [4.69, 9.17) is 45.4 Å². The van der Waals surface area contributed by atoms with E-state index in [9.17, 15) is 19.2 Å². The normalized spacial score (nSPS) is 18.7. The summed E-state index contributed by atoms with van der Waals surface area (Å²) in [5, 5.41) is 25.8. The molecule has 0 aliphatic carbocycles.